The van der Waals surface area contributed by atoms with Crippen LogP contribution >= 0.6 is 0 Å². The van der Waals surface area contributed by atoms with Gasteiger partial charge in [-0.1, -0.05) is 24.3 Å². The number of likely N-dealkylation sites (tertiary alicyclic amines) is 1. The maximum Gasteiger partial charge on any atom is 0.233 e. The topological polar surface area (TPSA) is 74.3 Å². The monoisotopic (exact) mass is 406 g/mol. The second-order valence-corrected chi connectivity index (χ2v) is 8.23. The first-order valence-corrected chi connectivity index (χ1v) is 10.2. The molecule has 2 amide bonds. The summed E-state index contributed by atoms with van der Waals surface area (Å²) in [5, 5.41) is 6.73. The normalized spacial score (nSPS) is 30.7. The minimum absolute atomic E-state index is 0.0619. The minimum atomic E-state index is -0.326. The van der Waals surface area contributed by atoms with Crippen molar-refractivity contribution >= 4 is 17.9 Å². The number of hydrogen-bond acceptors (Lipinski definition) is 5. The molecule has 30 heavy (non-hydrogen) atoms. The van der Waals surface area contributed by atoms with Gasteiger partial charge in [-0.15, -0.1) is 0 Å². The zero-order valence-corrected chi connectivity index (χ0v) is 16.6. The summed E-state index contributed by atoms with van der Waals surface area (Å²) in [6.45, 7) is 1.40. The van der Waals surface area contributed by atoms with Gasteiger partial charge in [0.05, 0.1) is 17.5 Å². The summed E-state index contributed by atoms with van der Waals surface area (Å²) in [5.41, 5.74) is 2.37. The Bertz CT molecular complexity index is 1020. The van der Waals surface area contributed by atoms with Gasteiger partial charge in [0.1, 0.15) is 5.82 Å². The summed E-state index contributed by atoms with van der Waals surface area (Å²) >= 11 is 0. The third kappa shape index (κ3) is 3.05. The molecule has 5 atom stereocenters. The molecule has 7 heteroatoms. The number of fused-ring (bicyclic) bond motifs is 3. The number of nitrogens with zero attached hydrogens (tertiary/aromatic N) is 2. The molecule has 1 aromatic carbocycles. The molecule has 2 saturated heterocycles. The number of benzene rings is 1. The molecule has 2 aromatic rings. The van der Waals surface area contributed by atoms with Crippen LogP contribution in [0.1, 0.15) is 5.69 Å². The molecule has 1 aliphatic carbocycles. The molecule has 0 radical (unpaired) electrons. The second-order valence-electron chi connectivity index (χ2n) is 8.23. The van der Waals surface area contributed by atoms with E-state index in [9.17, 15) is 14.0 Å². The molecular weight excluding hydrogens is 383 g/mol. The van der Waals surface area contributed by atoms with Gasteiger partial charge >= 0.3 is 0 Å². The van der Waals surface area contributed by atoms with Crippen LogP contribution in [0.15, 0.2) is 48.7 Å². The summed E-state index contributed by atoms with van der Waals surface area (Å²) in [4.78, 5) is 31.2. The molecule has 2 N–H and O–H groups in total. The van der Waals surface area contributed by atoms with E-state index < -0.39 is 0 Å². The smallest absolute Gasteiger partial charge is 0.233 e. The van der Waals surface area contributed by atoms with Gasteiger partial charge in [-0.25, -0.2) is 4.39 Å². The zero-order valence-electron chi connectivity index (χ0n) is 16.6. The Labute approximate surface area is 174 Å². The van der Waals surface area contributed by atoms with Crippen molar-refractivity contribution in [2.24, 2.45) is 23.7 Å². The van der Waals surface area contributed by atoms with E-state index in [2.05, 4.69) is 15.6 Å². The van der Waals surface area contributed by atoms with Crippen molar-refractivity contribution in [1.29, 1.82) is 0 Å². The lowest BCUT2D eigenvalue weighted by Gasteiger charge is -2.32. The summed E-state index contributed by atoms with van der Waals surface area (Å²) in [5.74, 6) is -1.00. The van der Waals surface area contributed by atoms with Gasteiger partial charge in [-0.3, -0.25) is 19.5 Å². The third-order valence-electron chi connectivity index (χ3n) is 6.65. The van der Waals surface area contributed by atoms with Gasteiger partial charge in [0.2, 0.25) is 11.8 Å². The number of aromatic nitrogens is 1. The fourth-order valence-corrected chi connectivity index (χ4v) is 5.21. The van der Waals surface area contributed by atoms with Crippen LogP contribution < -0.4 is 10.6 Å². The molecule has 1 aromatic heterocycles. The SMILES string of the molecule is CN1C(=O)C2C(/C=C/c3ccc(-c4cccc(F)c4)cn3)C3NCNCC3C2C1=O. The number of carbonyl (C=O) groups is 2. The van der Waals surface area contributed by atoms with Crippen LogP contribution in [0.25, 0.3) is 17.2 Å². The van der Waals surface area contributed by atoms with Crippen LogP contribution in [0.3, 0.4) is 0 Å². The number of carbonyl (C=O) groups excluding carboxylic acids is 2. The highest BCUT2D eigenvalue weighted by molar-refractivity contribution is 6.06. The predicted octanol–water partition coefficient (Wildman–Crippen LogP) is 1.90. The molecule has 6 nitrogen and oxygen atoms in total. The number of pyridine rings is 1. The Morgan fingerprint density at radius 3 is 2.73 bits per heavy atom. The molecule has 1 saturated carbocycles. The molecule has 154 valence electrons. The molecule has 3 fully saturated rings. The zero-order chi connectivity index (χ0) is 20.8. The Morgan fingerprint density at radius 2 is 1.97 bits per heavy atom. The van der Waals surface area contributed by atoms with E-state index in [-0.39, 0.29) is 47.3 Å². The lowest BCUT2D eigenvalue weighted by atomic mass is 9.89. The van der Waals surface area contributed by atoms with Gasteiger partial charge in [-0.2, -0.15) is 0 Å². The summed E-state index contributed by atoms with van der Waals surface area (Å²) in [6, 6.07) is 10.3. The first-order valence-electron chi connectivity index (χ1n) is 10.2. The standard InChI is InChI=1S/C23H23FN4O2/c1-28-22(29)19-17(21-18(11-25-12-27-21)20(19)23(28)30)8-7-16-6-5-14(10-26-16)13-3-2-4-15(24)9-13/h2-10,17-21,25,27H,11-12H2,1H3/b8-7+. The van der Waals surface area contributed by atoms with Crippen molar-refractivity contribution in [2.45, 2.75) is 6.04 Å². The maximum atomic E-state index is 13.5. The highest BCUT2D eigenvalue weighted by Crippen LogP contribution is 2.48. The molecule has 0 bridgehead atoms. The average Bonchev–Trinajstić information content (AvgIpc) is 3.21. The van der Waals surface area contributed by atoms with Gasteiger partial charge in [-0.05, 0) is 35.8 Å². The molecular formula is C23H23FN4O2. The molecule has 5 rings (SSSR count). The molecule has 3 aliphatic rings. The summed E-state index contributed by atoms with van der Waals surface area (Å²) in [6.07, 6.45) is 5.66. The van der Waals surface area contributed by atoms with Crippen LogP contribution in [0.4, 0.5) is 4.39 Å². The van der Waals surface area contributed by atoms with Crippen molar-refractivity contribution in [2.75, 3.05) is 20.3 Å². The van der Waals surface area contributed by atoms with E-state index in [1.165, 1.54) is 17.0 Å². The minimum Gasteiger partial charge on any atom is -0.304 e. The average molecular weight is 406 g/mol. The number of amides is 2. The van der Waals surface area contributed by atoms with E-state index in [0.29, 0.717) is 6.67 Å². The Morgan fingerprint density at radius 1 is 1.13 bits per heavy atom. The number of imide groups is 1. The van der Waals surface area contributed by atoms with Crippen LogP contribution in [-0.2, 0) is 9.59 Å². The maximum absolute atomic E-state index is 13.5. The Kier molecular flexibility index (Phi) is 4.72. The summed E-state index contributed by atoms with van der Waals surface area (Å²) < 4.78 is 13.5. The van der Waals surface area contributed by atoms with Gasteiger partial charge in [0, 0.05) is 44.0 Å². The third-order valence-corrected chi connectivity index (χ3v) is 6.65. The molecule has 3 heterocycles. The number of nitrogens with one attached hydrogen (secondary N) is 2. The van der Waals surface area contributed by atoms with Crippen molar-refractivity contribution in [3.8, 4) is 11.1 Å². The van der Waals surface area contributed by atoms with E-state index in [1.807, 2.05) is 30.4 Å². The van der Waals surface area contributed by atoms with E-state index in [0.717, 1.165) is 23.4 Å². The van der Waals surface area contributed by atoms with Crippen LogP contribution in [-0.4, -0.2) is 48.0 Å². The number of halogens is 1. The second kappa shape index (κ2) is 7.41. The van der Waals surface area contributed by atoms with Crippen molar-refractivity contribution in [3.63, 3.8) is 0 Å². The quantitative estimate of drug-likeness (QED) is 0.762. The molecule has 2 aliphatic heterocycles. The first kappa shape index (κ1) is 19.1. The van der Waals surface area contributed by atoms with Gasteiger partial charge < -0.3 is 10.6 Å². The molecule has 5 unspecified atom stereocenters. The fourth-order valence-electron chi connectivity index (χ4n) is 5.21. The predicted molar refractivity (Wildman–Crippen MR) is 110 cm³/mol. The van der Waals surface area contributed by atoms with Crippen molar-refractivity contribution in [1.82, 2.24) is 20.5 Å². The Balaban J connectivity index is 1.40. The van der Waals surface area contributed by atoms with E-state index in [4.69, 9.17) is 0 Å². The van der Waals surface area contributed by atoms with E-state index >= 15 is 0 Å². The lowest BCUT2D eigenvalue weighted by Crippen LogP contribution is -2.53. The van der Waals surface area contributed by atoms with Crippen molar-refractivity contribution in [3.05, 3.63) is 60.2 Å². The summed E-state index contributed by atoms with van der Waals surface area (Å²) in [7, 11) is 1.58. The highest BCUT2D eigenvalue weighted by Gasteiger charge is 2.61. The Hall–Kier alpha value is -2.90. The first-order chi connectivity index (χ1) is 14.5. The highest BCUT2D eigenvalue weighted by atomic mass is 19.1. The van der Waals surface area contributed by atoms with Crippen LogP contribution in [0.2, 0.25) is 0 Å². The van der Waals surface area contributed by atoms with Gasteiger partial charge in [0.15, 0.2) is 0 Å². The fraction of sp³-hybridized carbons (Fsp3) is 0.348. The number of hydrogen-bond donors (Lipinski definition) is 2. The lowest BCUT2D eigenvalue weighted by molar-refractivity contribution is -0.139. The van der Waals surface area contributed by atoms with Crippen molar-refractivity contribution < 1.29 is 14.0 Å². The van der Waals surface area contributed by atoms with Gasteiger partial charge in [0.25, 0.3) is 0 Å². The molecule has 0 spiro atoms. The largest absolute Gasteiger partial charge is 0.304 e. The van der Waals surface area contributed by atoms with Crippen LogP contribution in [0, 0.1) is 29.5 Å². The van der Waals surface area contributed by atoms with Crippen LogP contribution in [0.5, 0.6) is 0 Å². The number of rotatable bonds is 3. The van der Waals surface area contributed by atoms with E-state index in [1.54, 1.807) is 19.3 Å².